The van der Waals surface area contributed by atoms with Crippen LogP contribution >= 0.6 is 0 Å². The molecule has 2 bridgehead atoms. The normalized spacial score (nSPS) is 24.1. The molecule has 0 aliphatic heterocycles. The van der Waals surface area contributed by atoms with E-state index >= 15 is 0 Å². The van der Waals surface area contributed by atoms with Crippen LogP contribution in [0.1, 0.15) is 37.2 Å². The topological polar surface area (TPSA) is 47.6 Å². The summed E-state index contributed by atoms with van der Waals surface area (Å²) in [5, 5.41) is 2.72. The van der Waals surface area contributed by atoms with E-state index in [9.17, 15) is 4.79 Å². The number of hydrogen-bond acceptors (Lipinski definition) is 3. The van der Waals surface area contributed by atoms with E-state index in [1.807, 2.05) is 42.5 Å². The van der Waals surface area contributed by atoms with E-state index in [0.717, 1.165) is 11.8 Å². The summed E-state index contributed by atoms with van der Waals surface area (Å²) in [4.78, 5) is 12.1. The number of ether oxygens (including phenoxy) is 2. The maximum Gasteiger partial charge on any atom is 0.417 e. The number of carbonyl (C=O) groups is 1. The van der Waals surface area contributed by atoms with Gasteiger partial charge in [0, 0.05) is 5.69 Å². The Labute approximate surface area is 148 Å². The van der Waals surface area contributed by atoms with Crippen LogP contribution in [0.25, 0.3) is 0 Å². The summed E-state index contributed by atoms with van der Waals surface area (Å²) in [6.45, 7) is 0. The molecular weight excluding hydrogens is 314 g/mol. The van der Waals surface area contributed by atoms with E-state index < -0.39 is 6.09 Å². The third kappa shape index (κ3) is 3.34. The fourth-order valence-electron chi connectivity index (χ4n) is 4.42. The Morgan fingerprint density at radius 3 is 2.56 bits per heavy atom. The van der Waals surface area contributed by atoms with Crippen LogP contribution in [0, 0.1) is 11.8 Å². The molecule has 2 aromatic carbocycles. The van der Waals surface area contributed by atoms with Crippen LogP contribution in [0.3, 0.4) is 0 Å². The molecule has 2 fully saturated rings. The van der Waals surface area contributed by atoms with Crippen molar-refractivity contribution in [3.63, 3.8) is 0 Å². The number of rotatable bonds is 4. The zero-order valence-corrected chi connectivity index (χ0v) is 14.4. The lowest BCUT2D eigenvalue weighted by Gasteiger charge is -2.23. The molecule has 4 heteroatoms. The van der Waals surface area contributed by atoms with Gasteiger partial charge in [-0.15, -0.1) is 0 Å². The molecular formula is C21H23NO3. The number of anilines is 1. The highest BCUT2D eigenvalue weighted by molar-refractivity contribution is 5.86. The minimum Gasteiger partial charge on any atom is -0.493 e. The largest absolute Gasteiger partial charge is 0.493 e. The van der Waals surface area contributed by atoms with Crippen LogP contribution in [-0.2, 0) is 0 Å². The number of amides is 1. The Balaban J connectivity index is 1.47. The second kappa shape index (κ2) is 6.79. The molecule has 1 amide bonds. The molecule has 0 saturated heterocycles. The summed E-state index contributed by atoms with van der Waals surface area (Å²) in [5.74, 6) is 3.39. The lowest BCUT2D eigenvalue weighted by molar-refractivity contribution is 0.213. The van der Waals surface area contributed by atoms with E-state index in [2.05, 4.69) is 11.4 Å². The van der Waals surface area contributed by atoms with Crippen molar-refractivity contribution < 1.29 is 14.3 Å². The van der Waals surface area contributed by atoms with Crippen molar-refractivity contribution in [2.75, 3.05) is 12.4 Å². The number of methoxy groups -OCH3 is 1. The average molecular weight is 337 g/mol. The Kier molecular flexibility index (Phi) is 4.35. The molecule has 3 atom stereocenters. The predicted octanol–water partition coefficient (Wildman–Crippen LogP) is 5.21. The van der Waals surface area contributed by atoms with E-state index in [4.69, 9.17) is 9.47 Å². The molecule has 0 aromatic heterocycles. The number of carbonyl (C=O) groups excluding carboxylic acids is 1. The SMILES string of the molecule is COc1cc([C@H]2C[C@@H]3CC[C@H]2C3)ccc1OC(=O)Nc1ccccc1. The van der Waals surface area contributed by atoms with Gasteiger partial charge >= 0.3 is 6.09 Å². The zero-order chi connectivity index (χ0) is 17.2. The number of fused-ring (bicyclic) bond motifs is 2. The third-order valence-electron chi connectivity index (χ3n) is 5.58. The monoisotopic (exact) mass is 337 g/mol. The van der Waals surface area contributed by atoms with Gasteiger partial charge in [0.1, 0.15) is 0 Å². The summed E-state index contributed by atoms with van der Waals surface area (Å²) in [6.07, 6.45) is 4.86. The van der Waals surface area contributed by atoms with Crippen molar-refractivity contribution in [2.45, 2.75) is 31.6 Å². The van der Waals surface area contributed by atoms with Gasteiger partial charge in [0.25, 0.3) is 0 Å². The molecule has 0 unspecified atom stereocenters. The summed E-state index contributed by atoms with van der Waals surface area (Å²) in [7, 11) is 1.61. The van der Waals surface area contributed by atoms with Gasteiger partial charge in [-0.3, -0.25) is 5.32 Å². The highest BCUT2D eigenvalue weighted by atomic mass is 16.6. The van der Waals surface area contributed by atoms with Gasteiger partial charge in [0.2, 0.25) is 0 Å². The van der Waals surface area contributed by atoms with Crippen molar-refractivity contribution in [3.05, 3.63) is 54.1 Å². The highest BCUT2D eigenvalue weighted by Gasteiger charge is 2.40. The van der Waals surface area contributed by atoms with Gasteiger partial charge in [-0.2, -0.15) is 0 Å². The number of para-hydroxylation sites is 1. The van der Waals surface area contributed by atoms with Gasteiger partial charge in [-0.05, 0) is 66.8 Å². The van der Waals surface area contributed by atoms with Gasteiger partial charge in [0.05, 0.1) is 7.11 Å². The molecule has 0 radical (unpaired) electrons. The summed E-state index contributed by atoms with van der Waals surface area (Å²) < 4.78 is 10.9. The molecule has 1 N–H and O–H groups in total. The fraction of sp³-hybridized carbons (Fsp3) is 0.381. The first-order valence-electron chi connectivity index (χ1n) is 8.94. The van der Waals surface area contributed by atoms with Crippen LogP contribution in [0.2, 0.25) is 0 Å². The lowest BCUT2D eigenvalue weighted by Crippen LogP contribution is -2.17. The first-order chi connectivity index (χ1) is 12.2. The van der Waals surface area contributed by atoms with Crippen LogP contribution < -0.4 is 14.8 Å². The quantitative estimate of drug-likeness (QED) is 0.833. The predicted molar refractivity (Wildman–Crippen MR) is 97.3 cm³/mol. The van der Waals surface area contributed by atoms with Crippen LogP contribution in [0.15, 0.2) is 48.5 Å². The Morgan fingerprint density at radius 1 is 1.04 bits per heavy atom. The van der Waals surface area contributed by atoms with Gasteiger partial charge in [-0.25, -0.2) is 4.79 Å². The molecule has 2 aromatic rings. The lowest BCUT2D eigenvalue weighted by atomic mass is 9.83. The third-order valence-corrected chi connectivity index (χ3v) is 5.58. The molecule has 2 aliphatic carbocycles. The van der Waals surface area contributed by atoms with E-state index in [1.54, 1.807) is 7.11 Å². The molecule has 0 spiro atoms. The molecule has 4 nitrogen and oxygen atoms in total. The smallest absolute Gasteiger partial charge is 0.417 e. The number of benzene rings is 2. The van der Waals surface area contributed by atoms with Gasteiger partial charge < -0.3 is 9.47 Å². The minimum atomic E-state index is -0.517. The van der Waals surface area contributed by atoms with E-state index in [0.29, 0.717) is 23.1 Å². The van der Waals surface area contributed by atoms with Crippen molar-refractivity contribution in [3.8, 4) is 11.5 Å². The van der Waals surface area contributed by atoms with Crippen molar-refractivity contribution in [2.24, 2.45) is 11.8 Å². The number of nitrogens with one attached hydrogen (secondary N) is 1. The van der Waals surface area contributed by atoms with E-state index in [1.165, 1.54) is 31.2 Å². The molecule has 0 heterocycles. The molecule has 2 saturated carbocycles. The van der Waals surface area contributed by atoms with Gasteiger partial charge in [0.15, 0.2) is 11.5 Å². The van der Waals surface area contributed by atoms with Crippen molar-refractivity contribution in [1.29, 1.82) is 0 Å². The Hall–Kier alpha value is -2.49. The first-order valence-corrected chi connectivity index (χ1v) is 8.94. The van der Waals surface area contributed by atoms with Crippen LogP contribution in [-0.4, -0.2) is 13.2 Å². The van der Waals surface area contributed by atoms with Crippen molar-refractivity contribution >= 4 is 11.8 Å². The van der Waals surface area contributed by atoms with Crippen LogP contribution in [0.5, 0.6) is 11.5 Å². The molecule has 2 aliphatic rings. The molecule has 130 valence electrons. The number of hydrogen-bond donors (Lipinski definition) is 1. The van der Waals surface area contributed by atoms with Crippen molar-refractivity contribution in [1.82, 2.24) is 0 Å². The highest BCUT2D eigenvalue weighted by Crippen LogP contribution is 2.53. The second-order valence-corrected chi connectivity index (χ2v) is 7.07. The second-order valence-electron chi connectivity index (χ2n) is 7.07. The maximum absolute atomic E-state index is 12.1. The first kappa shape index (κ1) is 16.0. The zero-order valence-electron chi connectivity index (χ0n) is 14.4. The Morgan fingerprint density at radius 2 is 1.88 bits per heavy atom. The van der Waals surface area contributed by atoms with Gasteiger partial charge in [-0.1, -0.05) is 30.7 Å². The summed E-state index contributed by atoms with van der Waals surface area (Å²) in [6, 6.07) is 15.2. The molecule has 25 heavy (non-hydrogen) atoms. The minimum absolute atomic E-state index is 0.447. The van der Waals surface area contributed by atoms with E-state index in [-0.39, 0.29) is 0 Å². The fourth-order valence-corrected chi connectivity index (χ4v) is 4.42. The summed E-state index contributed by atoms with van der Waals surface area (Å²) >= 11 is 0. The Bertz CT molecular complexity index is 759. The maximum atomic E-state index is 12.1. The average Bonchev–Trinajstić information content (AvgIpc) is 3.26. The van der Waals surface area contributed by atoms with Crippen LogP contribution in [0.4, 0.5) is 10.5 Å². The molecule has 4 rings (SSSR count). The standard InChI is InChI=1S/C21H23NO3/c1-24-20-13-16(18-12-14-7-8-15(18)11-14)9-10-19(20)25-21(23)22-17-5-3-2-4-6-17/h2-6,9-10,13-15,18H,7-8,11-12H2,1H3,(H,22,23)/t14-,15+,18+/m1/s1. The summed E-state index contributed by atoms with van der Waals surface area (Å²) in [5.41, 5.74) is 2.00.